The van der Waals surface area contributed by atoms with Gasteiger partial charge in [0, 0.05) is 19.5 Å². The number of amides is 2. The summed E-state index contributed by atoms with van der Waals surface area (Å²) in [6, 6.07) is -0.965. The second-order valence-corrected chi connectivity index (χ2v) is 7.24. The Labute approximate surface area is 148 Å². The quantitative estimate of drug-likeness (QED) is 0.294. The van der Waals surface area contributed by atoms with E-state index in [-0.39, 0.29) is 42.7 Å². The first-order valence-electron chi connectivity index (χ1n) is 8.62. The van der Waals surface area contributed by atoms with Gasteiger partial charge >= 0.3 is 5.97 Å². The third kappa shape index (κ3) is 7.80. The summed E-state index contributed by atoms with van der Waals surface area (Å²) >= 11 is 0. The molecule has 0 aromatic carbocycles. The van der Waals surface area contributed by atoms with E-state index in [4.69, 9.17) is 16.6 Å². The normalized spacial score (nSPS) is 21.7. The predicted octanol–water partition coefficient (Wildman–Crippen LogP) is -1.12. The Morgan fingerprint density at radius 2 is 1.96 bits per heavy atom. The first-order chi connectivity index (χ1) is 11.6. The number of carbonyl (C=O) groups excluding carboxylic acids is 2. The van der Waals surface area contributed by atoms with Crippen molar-refractivity contribution in [2.75, 3.05) is 20.1 Å². The fourth-order valence-electron chi connectivity index (χ4n) is 2.95. The van der Waals surface area contributed by atoms with Gasteiger partial charge in [-0.1, -0.05) is 13.8 Å². The minimum absolute atomic E-state index is 0.0608. The van der Waals surface area contributed by atoms with Gasteiger partial charge < -0.3 is 21.9 Å². The van der Waals surface area contributed by atoms with E-state index >= 15 is 0 Å². The molecule has 144 valence electrons. The highest BCUT2D eigenvalue weighted by molar-refractivity contribution is 5.83. The van der Waals surface area contributed by atoms with Gasteiger partial charge in [-0.05, 0) is 37.1 Å². The van der Waals surface area contributed by atoms with Gasteiger partial charge in [-0.25, -0.2) is 5.01 Å². The summed E-state index contributed by atoms with van der Waals surface area (Å²) in [7, 11) is 1.47. The average molecular weight is 357 g/mol. The highest BCUT2D eigenvalue weighted by Gasteiger charge is 2.43. The number of carboxylic acid groups (broad SMARTS) is 1. The number of likely N-dealkylation sites (N-methyl/N-ethyl adjacent to an activating group) is 1. The van der Waals surface area contributed by atoms with Crippen LogP contribution in [0.3, 0.4) is 0 Å². The van der Waals surface area contributed by atoms with Crippen LogP contribution in [0.5, 0.6) is 0 Å². The molecule has 1 rings (SSSR count). The minimum atomic E-state index is -1.04. The fourth-order valence-corrected chi connectivity index (χ4v) is 2.95. The van der Waals surface area contributed by atoms with E-state index in [1.807, 2.05) is 13.8 Å². The number of carbonyl (C=O) groups is 3. The molecule has 0 aromatic rings. The largest absolute Gasteiger partial charge is 0.480 e. The van der Waals surface area contributed by atoms with Crippen molar-refractivity contribution < 1.29 is 19.5 Å². The van der Waals surface area contributed by atoms with E-state index in [1.165, 1.54) is 12.1 Å². The zero-order valence-electron chi connectivity index (χ0n) is 15.2. The van der Waals surface area contributed by atoms with E-state index in [0.717, 1.165) is 6.42 Å². The maximum atomic E-state index is 12.3. The summed E-state index contributed by atoms with van der Waals surface area (Å²) in [5, 5.41) is 12.8. The van der Waals surface area contributed by atoms with E-state index in [9.17, 15) is 14.4 Å². The van der Waals surface area contributed by atoms with Gasteiger partial charge in [-0.15, -0.1) is 0 Å². The first kappa shape index (κ1) is 21.3. The van der Waals surface area contributed by atoms with E-state index in [2.05, 4.69) is 10.7 Å². The summed E-state index contributed by atoms with van der Waals surface area (Å²) < 4.78 is 0. The number of hydrazine groups is 1. The van der Waals surface area contributed by atoms with Crippen LogP contribution in [0, 0.1) is 17.8 Å². The molecule has 9 nitrogen and oxygen atoms in total. The molecular weight excluding hydrogens is 326 g/mol. The third-order valence-electron chi connectivity index (χ3n) is 4.28. The molecule has 0 bridgehead atoms. The van der Waals surface area contributed by atoms with Crippen molar-refractivity contribution >= 4 is 17.8 Å². The van der Waals surface area contributed by atoms with Gasteiger partial charge in [0.1, 0.15) is 6.54 Å². The van der Waals surface area contributed by atoms with Gasteiger partial charge in [0.05, 0.1) is 6.04 Å². The van der Waals surface area contributed by atoms with Gasteiger partial charge in [0.15, 0.2) is 0 Å². The van der Waals surface area contributed by atoms with Gasteiger partial charge in [-0.2, -0.15) is 0 Å². The Morgan fingerprint density at radius 3 is 2.44 bits per heavy atom. The minimum Gasteiger partial charge on any atom is -0.480 e. The van der Waals surface area contributed by atoms with Crippen molar-refractivity contribution in [1.29, 1.82) is 0 Å². The lowest BCUT2D eigenvalue weighted by Crippen LogP contribution is -2.50. The number of rotatable bonds is 11. The van der Waals surface area contributed by atoms with Crippen molar-refractivity contribution in [2.45, 2.75) is 45.2 Å². The molecule has 4 atom stereocenters. The second-order valence-electron chi connectivity index (χ2n) is 7.24. The SMILES string of the molecule is CC(C)C[C@H](N)C(=O)N[C@H](CC(=O)NN(C)CC(=O)O)[C@H]1C[C@H]1CN. The lowest BCUT2D eigenvalue weighted by Gasteiger charge is -2.23. The molecule has 1 aliphatic rings. The number of hydrogen-bond acceptors (Lipinski definition) is 6. The molecule has 0 heterocycles. The molecule has 25 heavy (non-hydrogen) atoms. The van der Waals surface area contributed by atoms with Crippen LogP contribution in [0.1, 0.15) is 33.1 Å². The molecule has 1 aliphatic carbocycles. The molecule has 1 saturated carbocycles. The van der Waals surface area contributed by atoms with Crippen molar-refractivity contribution in [1.82, 2.24) is 15.8 Å². The van der Waals surface area contributed by atoms with E-state index in [1.54, 1.807) is 0 Å². The average Bonchev–Trinajstić information content (AvgIpc) is 3.23. The van der Waals surface area contributed by atoms with Crippen LogP contribution >= 0.6 is 0 Å². The van der Waals surface area contributed by atoms with Crippen molar-refractivity contribution in [3.05, 3.63) is 0 Å². The number of nitrogens with zero attached hydrogens (tertiary/aromatic N) is 1. The predicted molar refractivity (Wildman–Crippen MR) is 93.0 cm³/mol. The lowest BCUT2D eigenvalue weighted by molar-refractivity contribution is -0.139. The monoisotopic (exact) mass is 357 g/mol. The Hall–Kier alpha value is -1.71. The standard InChI is InChI=1S/C16H31N5O4/c1-9(2)4-12(18)16(25)19-13(11-5-10(11)7-17)6-14(22)20-21(3)8-15(23)24/h9-13H,4-8,17-18H2,1-3H3,(H,19,25)(H,20,22)(H,23,24)/t10-,11-,12-,13+/m0/s1. The van der Waals surface area contributed by atoms with Crippen LogP contribution in [0.15, 0.2) is 0 Å². The van der Waals surface area contributed by atoms with Crippen molar-refractivity contribution in [3.63, 3.8) is 0 Å². The van der Waals surface area contributed by atoms with Crippen LogP contribution in [0.2, 0.25) is 0 Å². The van der Waals surface area contributed by atoms with Crippen LogP contribution in [-0.2, 0) is 14.4 Å². The molecule has 0 aliphatic heterocycles. The molecule has 0 unspecified atom stereocenters. The highest BCUT2D eigenvalue weighted by Crippen LogP contribution is 2.41. The second kappa shape index (κ2) is 9.69. The van der Waals surface area contributed by atoms with Crippen LogP contribution < -0.4 is 22.2 Å². The summed E-state index contributed by atoms with van der Waals surface area (Å²) in [5.41, 5.74) is 14.1. The third-order valence-corrected chi connectivity index (χ3v) is 4.28. The maximum absolute atomic E-state index is 12.3. The summed E-state index contributed by atoms with van der Waals surface area (Å²) in [6.07, 6.45) is 1.49. The zero-order chi connectivity index (χ0) is 19.1. The molecule has 9 heteroatoms. The molecule has 0 saturated heterocycles. The number of nitrogens with two attached hydrogens (primary N) is 2. The Kier molecular flexibility index (Phi) is 8.27. The smallest absolute Gasteiger partial charge is 0.319 e. The van der Waals surface area contributed by atoms with E-state index in [0.29, 0.717) is 18.9 Å². The lowest BCUT2D eigenvalue weighted by atomic mass is 10.0. The summed E-state index contributed by atoms with van der Waals surface area (Å²) in [4.78, 5) is 35.1. The molecule has 7 N–H and O–H groups in total. The number of aliphatic carboxylic acids is 1. The van der Waals surface area contributed by atoms with Crippen LogP contribution in [0.4, 0.5) is 0 Å². The molecule has 1 fully saturated rings. The van der Waals surface area contributed by atoms with Crippen LogP contribution in [-0.4, -0.2) is 60.1 Å². The Balaban J connectivity index is 2.60. The van der Waals surface area contributed by atoms with E-state index < -0.39 is 12.0 Å². The van der Waals surface area contributed by atoms with Gasteiger partial charge in [0.2, 0.25) is 11.8 Å². The van der Waals surface area contributed by atoms with Gasteiger partial charge in [-0.3, -0.25) is 19.8 Å². The van der Waals surface area contributed by atoms with Crippen LogP contribution in [0.25, 0.3) is 0 Å². The van der Waals surface area contributed by atoms with Crippen molar-refractivity contribution in [2.24, 2.45) is 29.2 Å². The zero-order valence-corrected chi connectivity index (χ0v) is 15.2. The molecular formula is C16H31N5O4. The maximum Gasteiger partial charge on any atom is 0.319 e. The molecule has 0 radical (unpaired) electrons. The summed E-state index contributed by atoms with van der Waals surface area (Å²) in [5.74, 6) is -0.934. The van der Waals surface area contributed by atoms with Gasteiger partial charge in [0.25, 0.3) is 0 Å². The topological polar surface area (TPSA) is 151 Å². The molecule has 2 amide bonds. The highest BCUT2D eigenvalue weighted by atomic mass is 16.4. The van der Waals surface area contributed by atoms with Crippen molar-refractivity contribution in [3.8, 4) is 0 Å². The Morgan fingerprint density at radius 1 is 1.32 bits per heavy atom. The molecule has 0 aromatic heterocycles. The summed E-state index contributed by atoms with van der Waals surface area (Å²) in [6.45, 7) is 4.18. The number of carboxylic acids is 1. The molecule has 0 spiro atoms. The number of hydrogen-bond donors (Lipinski definition) is 5. The first-order valence-corrected chi connectivity index (χ1v) is 8.62. The Bertz CT molecular complexity index is 485. The number of nitrogens with one attached hydrogen (secondary N) is 2. The fraction of sp³-hybridized carbons (Fsp3) is 0.812.